The van der Waals surface area contributed by atoms with Crippen molar-refractivity contribution in [1.82, 2.24) is 14.3 Å². The largest absolute Gasteiger partial charge is 0.384 e. The average molecular weight is 377 g/mol. The Kier molecular flexibility index (Phi) is 4.92. The highest BCUT2D eigenvalue weighted by atomic mass is 16.3. The number of benzene rings is 2. The molecule has 2 aromatic carbocycles. The Morgan fingerprint density at radius 1 is 1.18 bits per heavy atom. The molecule has 0 amide bonds. The summed E-state index contributed by atoms with van der Waals surface area (Å²) in [6.07, 6.45) is 2.71. The predicted molar refractivity (Wildman–Crippen MR) is 114 cm³/mol. The van der Waals surface area contributed by atoms with E-state index < -0.39 is 0 Å². The van der Waals surface area contributed by atoms with E-state index in [0.717, 1.165) is 54.8 Å². The van der Waals surface area contributed by atoms with Gasteiger partial charge in [0, 0.05) is 17.6 Å². The number of hydrogen-bond acceptors (Lipinski definition) is 6. The van der Waals surface area contributed by atoms with E-state index in [1.807, 2.05) is 16.5 Å². The molecule has 0 atom stereocenters. The summed E-state index contributed by atoms with van der Waals surface area (Å²) >= 11 is 0. The van der Waals surface area contributed by atoms with Gasteiger partial charge in [-0.15, -0.1) is 4.91 Å². The predicted octanol–water partition coefficient (Wildman–Crippen LogP) is 3.98. The number of rotatable bonds is 8. The molecule has 0 spiro atoms. The minimum Gasteiger partial charge on any atom is -0.384 e. The number of hydrogen-bond donors (Lipinski definition) is 1. The molecule has 7 nitrogen and oxygen atoms in total. The van der Waals surface area contributed by atoms with Gasteiger partial charge in [0.15, 0.2) is 5.43 Å². The van der Waals surface area contributed by atoms with Gasteiger partial charge in [0.25, 0.3) is 0 Å². The highest BCUT2D eigenvalue weighted by molar-refractivity contribution is 6.07. The van der Waals surface area contributed by atoms with Crippen LogP contribution in [0.25, 0.3) is 27.3 Å². The summed E-state index contributed by atoms with van der Waals surface area (Å²) in [5.41, 5.74) is 3.25. The number of fused-ring (bicyclic) bond motifs is 2. The van der Waals surface area contributed by atoms with Crippen LogP contribution in [0.15, 0.2) is 46.6 Å². The molecular formula is C21H23N5O2. The summed E-state index contributed by atoms with van der Waals surface area (Å²) in [4.78, 5) is 31.0. The molecule has 0 aliphatic heterocycles. The van der Waals surface area contributed by atoms with Gasteiger partial charge in [-0.25, -0.2) is 4.98 Å². The van der Waals surface area contributed by atoms with E-state index in [2.05, 4.69) is 34.2 Å². The maximum Gasteiger partial charge on any atom is 0.199 e. The van der Waals surface area contributed by atoms with Crippen molar-refractivity contribution in [2.24, 2.45) is 5.18 Å². The molecule has 0 saturated heterocycles. The number of nitroso groups, excluding NO2 is 1. The Labute approximate surface area is 162 Å². The Morgan fingerprint density at radius 2 is 2.00 bits per heavy atom. The standard InChI is InChI=1S/C21H23N5O2/c1-3-25(4-2)11-5-10-22-16-7-8-17-20-19(16)21(27)15-12-14(24-28)6-9-18(15)26(20)13-23-17/h6-9,12-13,22H,3-5,10-11H2,1-2H3. The van der Waals surface area contributed by atoms with Gasteiger partial charge in [0.05, 0.1) is 21.9 Å². The number of anilines is 1. The van der Waals surface area contributed by atoms with Crippen LogP contribution in [0.1, 0.15) is 20.3 Å². The van der Waals surface area contributed by atoms with Crippen LogP contribution in [-0.4, -0.2) is 40.5 Å². The quantitative estimate of drug-likeness (QED) is 0.285. The molecular weight excluding hydrogens is 354 g/mol. The van der Waals surface area contributed by atoms with Crippen LogP contribution in [0.2, 0.25) is 0 Å². The summed E-state index contributed by atoms with van der Waals surface area (Å²) in [6.45, 7) is 8.19. The van der Waals surface area contributed by atoms with Crippen molar-refractivity contribution in [3.05, 3.63) is 51.8 Å². The third-order valence-electron chi connectivity index (χ3n) is 5.39. The SMILES string of the molecule is CCN(CC)CCCNc1ccc2ncn3c4ccc(N=O)cc4c(=O)c1c23. The van der Waals surface area contributed by atoms with Gasteiger partial charge in [0.2, 0.25) is 0 Å². The molecule has 0 fully saturated rings. The summed E-state index contributed by atoms with van der Waals surface area (Å²) in [5.74, 6) is 0. The van der Waals surface area contributed by atoms with E-state index in [4.69, 9.17) is 0 Å². The van der Waals surface area contributed by atoms with Crippen molar-refractivity contribution in [3.8, 4) is 0 Å². The summed E-state index contributed by atoms with van der Waals surface area (Å²) in [5, 5.41) is 7.48. The minimum absolute atomic E-state index is 0.106. The van der Waals surface area contributed by atoms with E-state index in [9.17, 15) is 9.70 Å². The van der Waals surface area contributed by atoms with Gasteiger partial charge in [-0.3, -0.25) is 9.20 Å². The van der Waals surface area contributed by atoms with Crippen LogP contribution in [0.4, 0.5) is 11.4 Å². The summed E-state index contributed by atoms with van der Waals surface area (Å²) in [7, 11) is 0. The van der Waals surface area contributed by atoms with Crippen LogP contribution in [0, 0.1) is 4.91 Å². The second kappa shape index (κ2) is 7.52. The zero-order valence-electron chi connectivity index (χ0n) is 16.1. The summed E-state index contributed by atoms with van der Waals surface area (Å²) in [6, 6.07) is 8.76. The van der Waals surface area contributed by atoms with E-state index >= 15 is 0 Å². The van der Waals surface area contributed by atoms with Crippen molar-refractivity contribution >= 4 is 38.7 Å². The molecule has 2 aromatic heterocycles. The zero-order chi connectivity index (χ0) is 19.7. The van der Waals surface area contributed by atoms with Crippen molar-refractivity contribution in [1.29, 1.82) is 0 Å². The average Bonchev–Trinajstić information content (AvgIpc) is 3.16. The van der Waals surface area contributed by atoms with Crippen LogP contribution in [0.3, 0.4) is 0 Å². The highest BCUT2D eigenvalue weighted by Gasteiger charge is 2.16. The molecule has 0 radical (unpaired) electrons. The number of nitrogens with one attached hydrogen (secondary N) is 1. The lowest BCUT2D eigenvalue weighted by Crippen LogP contribution is -2.25. The molecule has 7 heteroatoms. The molecule has 4 rings (SSSR count). The molecule has 2 heterocycles. The van der Waals surface area contributed by atoms with E-state index in [1.165, 1.54) is 0 Å². The van der Waals surface area contributed by atoms with E-state index in [0.29, 0.717) is 10.8 Å². The first-order valence-corrected chi connectivity index (χ1v) is 9.66. The highest BCUT2D eigenvalue weighted by Crippen LogP contribution is 2.29. The number of pyridine rings is 1. The maximum absolute atomic E-state index is 13.3. The third-order valence-corrected chi connectivity index (χ3v) is 5.39. The Bertz CT molecular complexity index is 1200. The van der Waals surface area contributed by atoms with Crippen LogP contribution < -0.4 is 10.7 Å². The van der Waals surface area contributed by atoms with Crippen LogP contribution in [0.5, 0.6) is 0 Å². The lowest BCUT2D eigenvalue weighted by atomic mass is 10.1. The summed E-state index contributed by atoms with van der Waals surface area (Å²) < 4.78 is 1.91. The van der Waals surface area contributed by atoms with Gasteiger partial charge in [-0.2, -0.15) is 0 Å². The zero-order valence-corrected chi connectivity index (χ0v) is 16.1. The molecule has 0 bridgehead atoms. The molecule has 0 saturated carbocycles. The van der Waals surface area contributed by atoms with Crippen LogP contribution >= 0.6 is 0 Å². The molecule has 28 heavy (non-hydrogen) atoms. The number of imidazole rings is 1. The van der Waals surface area contributed by atoms with Crippen molar-refractivity contribution in [3.63, 3.8) is 0 Å². The first kappa shape index (κ1) is 18.3. The van der Waals surface area contributed by atoms with Gasteiger partial charge in [-0.1, -0.05) is 13.8 Å². The molecule has 0 aliphatic rings. The van der Waals surface area contributed by atoms with Gasteiger partial charge >= 0.3 is 0 Å². The second-order valence-electron chi connectivity index (χ2n) is 6.90. The van der Waals surface area contributed by atoms with Gasteiger partial charge in [-0.05, 0) is 61.6 Å². The Morgan fingerprint density at radius 3 is 2.75 bits per heavy atom. The fourth-order valence-electron chi connectivity index (χ4n) is 3.84. The van der Waals surface area contributed by atoms with Crippen molar-refractivity contribution in [2.75, 3.05) is 31.5 Å². The Hall–Kier alpha value is -3.06. The smallest absolute Gasteiger partial charge is 0.199 e. The number of nitrogens with zero attached hydrogens (tertiary/aromatic N) is 4. The molecule has 144 valence electrons. The fraction of sp³-hybridized carbons (Fsp3) is 0.333. The van der Waals surface area contributed by atoms with E-state index in [1.54, 1.807) is 24.5 Å². The second-order valence-corrected chi connectivity index (χ2v) is 6.90. The molecule has 0 unspecified atom stereocenters. The van der Waals surface area contributed by atoms with Gasteiger partial charge in [0.1, 0.15) is 12.0 Å². The topological polar surface area (TPSA) is 79.1 Å². The maximum atomic E-state index is 13.3. The third kappa shape index (κ3) is 2.97. The lowest BCUT2D eigenvalue weighted by molar-refractivity contribution is 0.303. The molecule has 4 aromatic rings. The lowest BCUT2D eigenvalue weighted by Gasteiger charge is -2.18. The van der Waals surface area contributed by atoms with Crippen LogP contribution in [-0.2, 0) is 0 Å². The van der Waals surface area contributed by atoms with Crippen molar-refractivity contribution in [2.45, 2.75) is 20.3 Å². The minimum atomic E-state index is -0.106. The monoisotopic (exact) mass is 377 g/mol. The first-order valence-electron chi connectivity index (χ1n) is 9.66. The van der Waals surface area contributed by atoms with Gasteiger partial charge < -0.3 is 10.2 Å². The molecule has 0 aliphatic carbocycles. The number of aromatic nitrogens is 2. The Balaban J connectivity index is 1.78. The van der Waals surface area contributed by atoms with E-state index in [-0.39, 0.29) is 11.1 Å². The fourth-order valence-corrected chi connectivity index (χ4v) is 3.84. The first-order chi connectivity index (χ1) is 13.7. The normalized spacial score (nSPS) is 11.8. The molecule has 1 N–H and O–H groups in total. The van der Waals surface area contributed by atoms with Crippen molar-refractivity contribution < 1.29 is 0 Å².